The fourth-order valence-electron chi connectivity index (χ4n) is 5.89. The number of imide groups is 1. The monoisotopic (exact) mass is 467 g/mol. The molecule has 5 nitrogen and oxygen atoms in total. The quantitative estimate of drug-likeness (QED) is 0.359. The summed E-state index contributed by atoms with van der Waals surface area (Å²) in [6.07, 6.45) is 5.46. The van der Waals surface area contributed by atoms with Crippen LogP contribution in [0.5, 0.6) is 5.75 Å². The van der Waals surface area contributed by atoms with E-state index >= 15 is 0 Å². The van der Waals surface area contributed by atoms with Crippen molar-refractivity contribution in [2.75, 3.05) is 11.5 Å². The number of hydrogen-bond donors (Lipinski definition) is 0. The van der Waals surface area contributed by atoms with E-state index in [1.165, 1.54) is 4.90 Å². The Balaban J connectivity index is 1.17. The van der Waals surface area contributed by atoms with Crippen molar-refractivity contribution >= 4 is 46.5 Å². The lowest BCUT2D eigenvalue weighted by Gasteiger charge is -2.37. The van der Waals surface area contributed by atoms with Gasteiger partial charge in [-0.15, -0.1) is 0 Å². The van der Waals surface area contributed by atoms with E-state index in [2.05, 4.69) is 12.2 Å². The molecule has 2 aromatic rings. The number of ketones is 1. The average Bonchev–Trinajstić information content (AvgIpc) is 3.56. The van der Waals surface area contributed by atoms with E-state index in [0.29, 0.717) is 23.3 Å². The van der Waals surface area contributed by atoms with Crippen molar-refractivity contribution in [1.29, 1.82) is 0 Å². The van der Waals surface area contributed by atoms with Crippen LogP contribution in [0.4, 0.5) is 5.69 Å². The van der Waals surface area contributed by atoms with Crippen molar-refractivity contribution in [3.63, 3.8) is 0 Å². The molecule has 32 heavy (non-hydrogen) atoms. The van der Waals surface area contributed by atoms with Crippen LogP contribution in [0.2, 0.25) is 10.0 Å². The maximum Gasteiger partial charge on any atom is 0.238 e. The Morgan fingerprint density at radius 1 is 0.906 bits per heavy atom. The highest BCUT2D eigenvalue weighted by atomic mass is 35.5. The first kappa shape index (κ1) is 20.0. The van der Waals surface area contributed by atoms with Gasteiger partial charge in [-0.25, -0.2) is 0 Å². The van der Waals surface area contributed by atoms with Crippen LogP contribution in [0.1, 0.15) is 16.8 Å². The predicted molar refractivity (Wildman–Crippen MR) is 120 cm³/mol. The summed E-state index contributed by atoms with van der Waals surface area (Å²) in [5, 5.41) is 0.546. The van der Waals surface area contributed by atoms with Gasteiger partial charge in [0.05, 0.1) is 33.1 Å². The SMILES string of the molecule is O=C(COc1ccc(N2C(=O)[C@@H]3[C@@H]4C=C[C@@H]([C@H]5C[C@@H]45)[C@@H]3C2=O)cc1)c1c(Cl)cccc1Cl. The molecular formula is C25H19Cl2NO4. The van der Waals surface area contributed by atoms with Gasteiger partial charge in [-0.3, -0.25) is 19.3 Å². The van der Waals surface area contributed by atoms with Crippen LogP contribution < -0.4 is 9.64 Å². The zero-order chi connectivity index (χ0) is 22.1. The highest BCUT2D eigenvalue weighted by Crippen LogP contribution is 2.65. The number of amides is 2. The molecule has 162 valence electrons. The van der Waals surface area contributed by atoms with E-state index in [9.17, 15) is 14.4 Å². The molecule has 1 heterocycles. The van der Waals surface area contributed by atoms with Gasteiger partial charge in [0.25, 0.3) is 0 Å². The van der Waals surface area contributed by atoms with Crippen molar-refractivity contribution < 1.29 is 19.1 Å². The van der Waals surface area contributed by atoms with Gasteiger partial charge in [-0.2, -0.15) is 0 Å². The van der Waals surface area contributed by atoms with Crippen molar-refractivity contribution in [3.8, 4) is 5.75 Å². The molecule has 5 aliphatic rings. The minimum atomic E-state index is -0.333. The molecule has 3 fully saturated rings. The minimum absolute atomic E-state index is 0.0955. The van der Waals surface area contributed by atoms with Crippen LogP contribution in [0, 0.1) is 35.5 Å². The largest absolute Gasteiger partial charge is 0.485 e. The Bertz CT molecular complexity index is 1130. The van der Waals surface area contributed by atoms with Crippen LogP contribution in [0.25, 0.3) is 0 Å². The standard InChI is InChI=1S/C25H19Cl2NO4/c26-18-2-1-3-19(27)23(18)20(29)11-32-13-6-4-12(5-7-13)28-24(30)21-14-8-9-15(17-10-16(14)17)22(21)25(28)31/h1-9,14-17,21-22H,10-11H2/t14-,15+,16+,17-,21-,22+. The number of ether oxygens (including phenoxy) is 1. The fraction of sp³-hybridized carbons (Fsp3) is 0.320. The molecule has 4 aliphatic carbocycles. The minimum Gasteiger partial charge on any atom is -0.485 e. The predicted octanol–water partition coefficient (Wildman–Crippen LogP) is 4.81. The summed E-state index contributed by atoms with van der Waals surface area (Å²) in [7, 11) is 0. The van der Waals surface area contributed by atoms with Gasteiger partial charge in [0.2, 0.25) is 17.6 Å². The van der Waals surface area contributed by atoms with Gasteiger partial charge in [0.1, 0.15) is 5.75 Å². The zero-order valence-electron chi connectivity index (χ0n) is 16.9. The summed E-state index contributed by atoms with van der Waals surface area (Å²) >= 11 is 12.2. The Morgan fingerprint density at radius 2 is 1.47 bits per heavy atom. The highest BCUT2D eigenvalue weighted by molar-refractivity contribution is 6.39. The molecule has 2 bridgehead atoms. The highest BCUT2D eigenvalue weighted by Gasteiger charge is 2.67. The van der Waals surface area contributed by atoms with Gasteiger partial charge < -0.3 is 4.74 Å². The van der Waals surface area contributed by atoms with E-state index < -0.39 is 0 Å². The molecule has 2 saturated carbocycles. The molecule has 0 spiro atoms. The number of Topliss-reactive ketones (excluding diaryl/α,β-unsaturated/α-hetero) is 1. The molecular weight excluding hydrogens is 449 g/mol. The smallest absolute Gasteiger partial charge is 0.238 e. The molecule has 0 unspecified atom stereocenters. The summed E-state index contributed by atoms with van der Waals surface area (Å²) in [5.74, 6) is 1.01. The van der Waals surface area contributed by atoms with Crippen molar-refractivity contribution in [2.45, 2.75) is 6.42 Å². The summed E-state index contributed by atoms with van der Waals surface area (Å²) in [5.41, 5.74) is 0.764. The van der Waals surface area contributed by atoms with E-state index in [-0.39, 0.29) is 63.5 Å². The second kappa shape index (κ2) is 7.19. The van der Waals surface area contributed by atoms with Gasteiger partial charge >= 0.3 is 0 Å². The number of carbonyl (C=O) groups is 3. The topological polar surface area (TPSA) is 63.7 Å². The number of benzene rings is 2. The van der Waals surface area contributed by atoms with Crippen molar-refractivity contribution in [2.24, 2.45) is 35.5 Å². The fourth-order valence-corrected chi connectivity index (χ4v) is 6.50. The summed E-state index contributed by atoms with van der Waals surface area (Å²) in [6.45, 7) is -0.230. The molecule has 2 aromatic carbocycles. The van der Waals surface area contributed by atoms with Crippen LogP contribution in [0.3, 0.4) is 0 Å². The lowest BCUT2D eigenvalue weighted by molar-refractivity contribution is -0.124. The van der Waals surface area contributed by atoms with Crippen LogP contribution in [-0.2, 0) is 9.59 Å². The van der Waals surface area contributed by atoms with Crippen LogP contribution in [0.15, 0.2) is 54.6 Å². The average molecular weight is 468 g/mol. The maximum atomic E-state index is 13.2. The molecule has 7 heteroatoms. The zero-order valence-corrected chi connectivity index (χ0v) is 18.4. The van der Waals surface area contributed by atoms with Gasteiger partial charge in [0.15, 0.2) is 6.61 Å². The number of rotatable bonds is 5. The Hall–Kier alpha value is -2.63. The van der Waals surface area contributed by atoms with E-state index in [1.54, 1.807) is 42.5 Å². The first-order valence-electron chi connectivity index (χ1n) is 10.7. The van der Waals surface area contributed by atoms with Crippen LogP contribution in [-0.4, -0.2) is 24.2 Å². The second-order valence-corrected chi connectivity index (χ2v) is 9.78. The molecule has 7 rings (SSSR count). The number of halogens is 2. The number of hydrogen-bond acceptors (Lipinski definition) is 4. The Kier molecular flexibility index (Phi) is 4.50. The Labute approximate surface area is 194 Å². The van der Waals surface area contributed by atoms with Crippen LogP contribution >= 0.6 is 23.2 Å². The molecule has 1 aliphatic heterocycles. The van der Waals surface area contributed by atoms with Gasteiger partial charge in [-0.1, -0.05) is 41.4 Å². The van der Waals surface area contributed by atoms with Crippen molar-refractivity contribution in [1.82, 2.24) is 0 Å². The maximum absolute atomic E-state index is 13.2. The third-order valence-corrected chi connectivity index (χ3v) is 8.00. The second-order valence-electron chi connectivity index (χ2n) is 8.97. The number of anilines is 1. The van der Waals surface area contributed by atoms with Crippen molar-refractivity contribution in [3.05, 3.63) is 70.2 Å². The third kappa shape index (κ3) is 2.87. The molecule has 1 saturated heterocycles. The van der Waals surface area contributed by atoms with E-state index in [4.69, 9.17) is 27.9 Å². The summed E-state index contributed by atoms with van der Waals surface area (Å²) in [6, 6.07) is 11.6. The molecule has 2 amide bonds. The first-order valence-corrected chi connectivity index (χ1v) is 11.5. The number of carbonyl (C=O) groups excluding carboxylic acids is 3. The number of allylic oxidation sites excluding steroid dienone is 2. The normalized spacial score (nSPS) is 31.5. The molecule has 0 radical (unpaired) electrons. The van der Waals surface area contributed by atoms with Gasteiger partial charge in [0, 0.05) is 0 Å². The summed E-state index contributed by atoms with van der Waals surface area (Å²) < 4.78 is 5.60. The first-order chi connectivity index (χ1) is 15.5. The third-order valence-electron chi connectivity index (χ3n) is 7.37. The molecule has 0 aromatic heterocycles. The lowest BCUT2D eigenvalue weighted by atomic mass is 9.63. The van der Waals surface area contributed by atoms with E-state index in [0.717, 1.165) is 6.42 Å². The van der Waals surface area contributed by atoms with E-state index in [1.807, 2.05) is 0 Å². The summed E-state index contributed by atoms with van der Waals surface area (Å²) in [4.78, 5) is 40.2. The molecule has 6 atom stereocenters. The molecule has 0 N–H and O–H groups in total. The van der Waals surface area contributed by atoms with Gasteiger partial charge in [-0.05, 0) is 66.5 Å². The number of nitrogens with zero attached hydrogens (tertiary/aromatic N) is 1. The Morgan fingerprint density at radius 3 is 2.03 bits per heavy atom. The lowest BCUT2D eigenvalue weighted by Crippen LogP contribution is -2.40.